The van der Waals surface area contributed by atoms with Crippen LogP contribution in [0.3, 0.4) is 0 Å². The molecule has 0 aromatic heterocycles. The molecular formula is C21H42N2. The van der Waals surface area contributed by atoms with Crippen molar-refractivity contribution in [2.45, 2.75) is 110 Å². The van der Waals surface area contributed by atoms with Gasteiger partial charge in [0, 0.05) is 25.5 Å². The largest absolute Gasteiger partial charge is 0.356 e. The summed E-state index contributed by atoms with van der Waals surface area (Å²) in [5.41, 5.74) is 0. The molecule has 1 rings (SSSR count). The first kappa shape index (κ1) is 20.4. The monoisotopic (exact) mass is 322 g/mol. The Hall–Kier alpha value is -0.660. The summed E-state index contributed by atoms with van der Waals surface area (Å²) >= 11 is 0. The van der Waals surface area contributed by atoms with E-state index in [4.69, 9.17) is 0 Å². The van der Waals surface area contributed by atoms with E-state index < -0.39 is 0 Å². The molecule has 23 heavy (non-hydrogen) atoms. The van der Waals surface area contributed by atoms with E-state index in [1.54, 1.807) is 0 Å². The molecule has 0 saturated heterocycles. The van der Waals surface area contributed by atoms with E-state index in [1.807, 2.05) is 0 Å². The Morgan fingerprint density at radius 2 is 1.00 bits per heavy atom. The van der Waals surface area contributed by atoms with Crippen LogP contribution in [0.2, 0.25) is 0 Å². The van der Waals surface area contributed by atoms with Crippen LogP contribution in [0.4, 0.5) is 0 Å². The fourth-order valence-corrected chi connectivity index (χ4v) is 3.57. The maximum absolute atomic E-state index is 2.61. The number of nitrogens with zero attached hydrogens (tertiary/aromatic N) is 2. The summed E-state index contributed by atoms with van der Waals surface area (Å²) in [5, 5.41) is 0. The van der Waals surface area contributed by atoms with Crippen LogP contribution in [0.25, 0.3) is 0 Å². The molecule has 0 aromatic carbocycles. The van der Waals surface area contributed by atoms with Crippen molar-refractivity contribution in [3.05, 3.63) is 12.4 Å². The Labute approximate surface area is 146 Å². The molecule has 0 aromatic rings. The Balaban J connectivity index is 2.21. The Kier molecular flexibility index (Phi) is 12.2. The molecule has 1 unspecified atom stereocenters. The lowest BCUT2D eigenvalue weighted by atomic mass is 10.1. The maximum Gasteiger partial charge on any atom is 0.101 e. The normalized spacial score (nSPS) is 17.4. The van der Waals surface area contributed by atoms with Gasteiger partial charge in [-0.2, -0.15) is 0 Å². The van der Waals surface area contributed by atoms with E-state index in [9.17, 15) is 0 Å². The molecule has 1 aliphatic rings. The third-order valence-corrected chi connectivity index (χ3v) is 5.05. The molecule has 0 spiro atoms. The smallest absolute Gasteiger partial charge is 0.101 e. The molecular weight excluding hydrogens is 280 g/mol. The molecule has 0 amide bonds. The van der Waals surface area contributed by atoms with Gasteiger partial charge in [0.15, 0.2) is 0 Å². The summed E-state index contributed by atoms with van der Waals surface area (Å²) in [4.78, 5) is 5.21. The topological polar surface area (TPSA) is 6.48 Å². The summed E-state index contributed by atoms with van der Waals surface area (Å²) in [6, 6.07) is 0. The molecule has 1 atom stereocenters. The summed E-state index contributed by atoms with van der Waals surface area (Å²) in [6.07, 6.45) is 23.2. The van der Waals surface area contributed by atoms with Crippen molar-refractivity contribution in [3.8, 4) is 0 Å². The van der Waals surface area contributed by atoms with E-state index >= 15 is 0 Å². The van der Waals surface area contributed by atoms with Gasteiger partial charge < -0.3 is 9.80 Å². The van der Waals surface area contributed by atoms with E-state index in [-0.39, 0.29) is 0 Å². The third kappa shape index (κ3) is 8.67. The van der Waals surface area contributed by atoms with Gasteiger partial charge in [-0.1, -0.05) is 85.0 Å². The second-order valence-electron chi connectivity index (χ2n) is 7.23. The number of hydrogen-bond donors (Lipinski definition) is 0. The molecule has 0 aliphatic carbocycles. The van der Waals surface area contributed by atoms with Crippen molar-refractivity contribution >= 4 is 0 Å². The molecule has 1 heterocycles. The highest BCUT2D eigenvalue weighted by Gasteiger charge is 2.24. The zero-order valence-corrected chi connectivity index (χ0v) is 16.2. The molecule has 0 N–H and O–H groups in total. The highest BCUT2D eigenvalue weighted by molar-refractivity contribution is 4.96. The van der Waals surface area contributed by atoms with Crippen LogP contribution >= 0.6 is 0 Å². The minimum Gasteiger partial charge on any atom is -0.356 e. The van der Waals surface area contributed by atoms with E-state index in [2.05, 4.69) is 43.0 Å². The minimum atomic E-state index is 0.641. The first-order chi connectivity index (χ1) is 11.3. The zero-order chi connectivity index (χ0) is 16.8. The molecule has 2 heteroatoms. The highest BCUT2D eigenvalue weighted by Crippen LogP contribution is 2.22. The van der Waals surface area contributed by atoms with Crippen molar-refractivity contribution in [3.63, 3.8) is 0 Å². The van der Waals surface area contributed by atoms with Crippen molar-refractivity contribution in [1.82, 2.24) is 9.80 Å². The van der Waals surface area contributed by atoms with E-state index in [0.29, 0.717) is 6.17 Å². The van der Waals surface area contributed by atoms with Crippen LogP contribution in [-0.2, 0) is 0 Å². The van der Waals surface area contributed by atoms with Crippen molar-refractivity contribution in [1.29, 1.82) is 0 Å². The maximum atomic E-state index is 2.61. The van der Waals surface area contributed by atoms with Gasteiger partial charge in [-0.3, -0.25) is 0 Å². The molecule has 0 bridgehead atoms. The second kappa shape index (κ2) is 13.7. The van der Waals surface area contributed by atoms with Crippen LogP contribution in [-0.4, -0.2) is 29.1 Å². The van der Waals surface area contributed by atoms with Gasteiger partial charge in [0.1, 0.15) is 6.17 Å². The Morgan fingerprint density at radius 1 is 0.565 bits per heavy atom. The fraction of sp³-hybridized carbons (Fsp3) is 0.905. The minimum absolute atomic E-state index is 0.641. The van der Waals surface area contributed by atoms with Crippen LogP contribution in [0.15, 0.2) is 12.4 Å². The predicted molar refractivity (Wildman–Crippen MR) is 103 cm³/mol. The van der Waals surface area contributed by atoms with Crippen LogP contribution in [0.5, 0.6) is 0 Å². The van der Waals surface area contributed by atoms with Gasteiger partial charge in [-0.15, -0.1) is 0 Å². The summed E-state index contributed by atoms with van der Waals surface area (Å²) < 4.78 is 0. The van der Waals surface area contributed by atoms with Crippen LogP contribution < -0.4 is 0 Å². The SMILES string of the molecule is CCCCCCCCN1C=CN(CCCCCCC)C1CCC. The summed E-state index contributed by atoms with van der Waals surface area (Å²) in [5.74, 6) is 0. The average molecular weight is 323 g/mol. The van der Waals surface area contributed by atoms with Crippen molar-refractivity contribution in [2.24, 2.45) is 0 Å². The average Bonchev–Trinajstić information content (AvgIpc) is 2.93. The summed E-state index contributed by atoms with van der Waals surface area (Å²) in [7, 11) is 0. The first-order valence-corrected chi connectivity index (χ1v) is 10.5. The second-order valence-corrected chi connectivity index (χ2v) is 7.23. The van der Waals surface area contributed by atoms with Gasteiger partial charge in [-0.25, -0.2) is 0 Å². The zero-order valence-electron chi connectivity index (χ0n) is 16.2. The van der Waals surface area contributed by atoms with Gasteiger partial charge in [0.2, 0.25) is 0 Å². The molecule has 0 fully saturated rings. The molecule has 0 saturated carbocycles. The molecule has 0 radical (unpaired) electrons. The van der Waals surface area contributed by atoms with E-state index in [0.717, 1.165) is 0 Å². The number of rotatable bonds is 15. The predicted octanol–water partition coefficient (Wildman–Crippen LogP) is 6.53. The summed E-state index contributed by atoms with van der Waals surface area (Å²) in [6.45, 7) is 9.40. The third-order valence-electron chi connectivity index (χ3n) is 5.05. The quantitative estimate of drug-likeness (QED) is 0.316. The molecule has 1 aliphatic heterocycles. The van der Waals surface area contributed by atoms with Crippen LogP contribution in [0.1, 0.15) is 104 Å². The molecule has 136 valence electrons. The number of unbranched alkanes of at least 4 members (excludes halogenated alkanes) is 9. The van der Waals surface area contributed by atoms with Gasteiger partial charge >= 0.3 is 0 Å². The first-order valence-electron chi connectivity index (χ1n) is 10.5. The van der Waals surface area contributed by atoms with Gasteiger partial charge in [0.25, 0.3) is 0 Å². The van der Waals surface area contributed by atoms with E-state index in [1.165, 1.54) is 96.6 Å². The van der Waals surface area contributed by atoms with Crippen molar-refractivity contribution in [2.75, 3.05) is 13.1 Å². The Bertz CT molecular complexity index is 288. The van der Waals surface area contributed by atoms with Crippen molar-refractivity contribution < 1.29 is 0 Å². The lowest BCUT2D eigenvalue weighted by Gasteiger charge is -2.33. The fourth-order valence-electron chi connectivity index (χ4n) is 3.57. The van der Waals surface area contributed by atoms with Crippen LogP contribution in [0, 0.1) is 0 Å². The lowest BCUT2D eigenvalue weighted by Crippen LogP contribution is -2.39. The van der Waals surface area contributed by atoms with Gasteiger partial charge in [-0.05, 0) is 19.3 Å². The highest BCUT2D eigenvalue weighted by atomic mass is 15.4. The number of hydrogen-bond acceptors (Lipinski definition) is 2. The standard InChI is InChI=1S/C21H42N2/c1-4-7-9-11-13-15-18-23-20-19-22(21(23)16-6-3)17-14-12-10-8-5-2/h19-21H,4-18H2,1-3H3. The Morgan fingerprint density at radius 3 is 1.43 bits per heavy atom. The molecule has 2 nitrogen and oxygen atoms in total. The lowest BCUT2D eigenvalue weighted by molar-refractivity contribution is 0.138. The van der Waals surface area contributed by atoms with Gasteiger partial charge in [0.05, 0.1) is 0 Å².